The summed E-state index contributed by atoms with van der Waals surface area (Å²) in [6.45, 7) is 4.23. The Labute approximate surface area is 94.7 Å². The number of hydrogen-bond acceptors (Lipinski definition) is 1. The topological polar surface area (TPSA) is 17.8 Å². The van der Waals surface area contributed by atoms with E-state index in [1.807, 2.05) is 16.9 Å². The van der Waals surface area contributed by atoms with Gasteiger partial charge in [0.25, 0.3) is 0 Å². The minimum absolute atomic E-state index is 0.214. The highest BCUT2D eigenvalue weighted by Crippen LogP contribution is 2.21. The maximum Gasteiger partial charge on any atom is 0.123 e. The Kier molecular flexibility index (Phi) is 3.04. The molecule has 2 aromatic rings. The molecular weight excluding hydrogens is 203 g/mol. The summed E-state index contributed by atoms with van der Waals surface area (Å²) in [6.07, 6.45) is 4.77. The zero-order chi connectivity index (χ0) is 11.5. The predicted octanol–water partition coefficient (Wildman–Crippen LogP) is 3.66. The lowest BCUT2D eigenvalue weighted by molar-refractivity contribution is 0.478. The van der Waals surface area contributed by atoms with Crippen LogP contribution in [0.3, 0.4) is 0 Å². The Bertz CT molecular complexity index is 476. The van der Waals surface area contributed by atoms with Crippen molar-refractivity contribution < 1.29 is 4.39 Å². The highest BCUT2D eigenvalue weighted by atomic mass is 19.1. The van der Waals surface area contributed by atoms with Crippen molar-refractivity contribution in [2.45, 2.75) is 26.3 Å². The molecule has 0 amide bonds. The van der Waals surface area contributed by atoms with Gasteiger partial charge in [-0.2, -0.15) is 5.10 Å². The SMILES string of the molecule is CCC(C)n1cc(-c2cccc(F)c2)cn1. The second-order valence-corrected chi connectivity index (χ2v) is 3.98. The maximum absolute atomic E-state index is 13.1. The quantitative estimate of drug-likeness (QED) is 0.768. The van der Waals surface area contributed by atoms with Crippen molar-refractivity contribution in [1.82, 2.24) is 9.78 Å². The van der Waals surface area contributed by atoms with Crippen molar-refractivity contribution in [2.75, 3.05) is 0 Å². The van der Waals surface area contributed by atoms with Gasteiger partial charge in [-0.3, -0.25) is 4.68 Å². The van der Waals surface area contributed by atoms with E-state index >= 15 is 0 Å². The second-order valence-electron chi connectivity index (χ2n) is 3.98. The molecule has 0 saturated heterocycles. The normalized spacial score (nSPS) is 12.7. The van der Waals surface area contributed by atoms with Gasteiger partial charge in [-0.05, 0) is 31.0 Å². The molecule has 0 spiro atoms. The first kappa shape index (κ1) is 10.9. The predicted molar refractivity (Wildman–Crippen MR) is 62.6 cm³/mol. The van der Waals surface area contributed by atoms with Crippen LogP contribution >= 0.6 is 0 Å². The standard InChI is InChI=1S/C13H15FN2/c1-3-10(2)16-9-12(8-15-16)11-5-4-6-13(14)7-11/h4-10H,3H2,1-2H3. The summed E-state index contributed by atoms with van der Waals surface area (Å²) >= 11 is 0. The molecule has 0 bridgehead atoms. The molecule has 1 heterocycles. The van der Waals surface area contributed by atoms with Crippen LogP contribution in [0.5, 0.6) is 0 Å². The molecule has 0 N–H and O–H groups in total. The maximum atomic E-state index is 13.1. The Morgan fingerprint density at radius 2 is 2.19 bits per heavy atom. The summed E-state index contributed by atoms with van der Waals surface area (Å²) in [5, 5.41) is 4.29. The average Bonchev–Trinajstić information content (AvgIpc) is 2.77. The summed E-state index contributed by atoms with van der Waals surface area (Å²) in [4.78, 5) is 0. The van der Waals surface area contributed by atoms with Gasteiger partial charge in [0, 0.05) is 17.8 Å². The van der Waals surface area contributed by atoms with E-state index in [1.165, 1.54) is 12.1 Å². The molecule has 3 heteroatoms. The van der Waals surface area contributed by atoms with E-state index < -0.39 is 0 Å². The third kappa shape index (κ3) is 2.13. The van der Waals surface area contributed by atoms with Gasteiger partial charge in [0.2, 0.25) is 0 Å². The summed E-state index contributed by atoms with van der Waals surface area (Å²) in [7, 11) is 0. The lowest BCUT2D eigenvalue weighted by Gasteiger charge is -2.07. The largest absolute Gasteiger partial charge is 0.269 e. The van der Waals surface area contributed by atoms with E-state index in [0.29, 0.717) is 6.04 Å². The lowest BCUT2D eigenvalue weighted by atomic mass is 10.1. The monoisotopic (exact) mass is 218 g/mol. The number of aromatic nitrogens is 2. The van der Waals surface area contributed by atoms with Gasteiger partial charge in [-0.1, -0.05) is 19.1 Å². The average molecular weight is 218 g/mol. The van der Waals surface area contributed by atoms with Crippen molar-refractivity contribution in [3.05, 3.63) is 42.5 Å². The molecule has 0 radical (unpaired) electrons. The number of rotatable bonds is 3. The Hall–Kier alpha value is -1.64. The van der Waals surface area contributed by atoms with Crippen LogP contribution < -0.4 is 0 Å². The first-order valence-corrected chi connectivity index (χ1v) is 5.51. The van der Waals surface area contributed by atoms with Crippen LogP contribution in [0.15, 0.2) is 36.7 Å². The van der Waals surface area contributed by atoms with E-state index in [1.54, 1.807) is 12.3 Å². The smallest absolute Gasteiger partial charge is 0.123 e. The first-order chi connectivity index (χ1) is 7.70. The number of hydrogen-bond donors (Lipinski definition) is 0. The van der Waals surface area contributed by atoms with Crippen molar-refractivity contribution in [3.8, 4) is 11.1 Å². The van der Waals surface area contributed by atoms with Gasteiger partial charge < -0.3 is 0 Å². The van der Waals surface area contributed by atoms with Crippen LogP contribution in [-0.4, -0.2) is 9.78 Å². The second kappa shape index (κ2) is 4.47. The molecule has 84 valence electrons. The van der Waals surface area contributed by atoms with Crippen molar-refractivity contribution in [1.29, 1.82) is 0 Å². The number of nitrogens with zero attached hydrogens (tertiary/aromatic N) is 2. The van der Waals surface area contributed by atoms with Crippen LogP contribution in [0.4, 0.5) is 4.39 Å². The van der Waals surface area contributed by atoms with Crippen LogP contribution in [0, 0.1) is 5.82 Å². The van der Waals surface area contributed by atoms with Crippen LogP contribution in [0.2, 0.25) is 0 Å². The summed E-state index contributed by atoms with van der Waals surface area (Å²) in [6, 6.07) is 6.95. The van der Waals surface area contributed by atoms with E-state index in [0.717, 1.165) is 17.5 Å². The molecule has 0 fully saturated rings. The molecule has 16 heavy (non-hydrogen) atoms. The molecule has 2 nitrogen and oxygen atoms in total. The Balaban J connectivity index is 2.31. The minimum atomic E-state index is -0.214. The minimum Gasteiger partial charge on any atom is -0.269 e. The zero-order valence-electron chi connectivity index (χ0n) is 9.52. The molecular formula is C13H15FN2. The Morgan fingerprint density at radius 1 is 1.38 bits per heavy atom. The molecule has 1 atom stereocenters. The fourth-order valence-corrected chi connectivity index (χ4v) is 1.58. The van der Waals surface area contributed by atoms with E-state index in [9.17, 15) is 4.39 Å². The molecule has 1 unspecified atom stereocenters. The molecule has 0 aliphatic rings. The van der Waals surface area contributed by atoms with Crippen molar-refractivity contribution in [2.24, 2.45) is 0 Å². The number of halogens is 1. The van der Waals surface area contributed by atoms with Gasteiger partial charge in [-0.25, -0.2) is 4.39 Å². The van der Waals surface area contributed by atoms with E-state index in [-0.39, 0.29) is 5.82 Å². The third-order valence-corrected chi connectivity index (χ3v) is 2.80. The van der Waals surface area contributed by atoms with Crippen LogP contribution in [0.1, 0.15) is 26.3 Å². The third-order valence-electron chi connectivity index (χ3n) is 2.80. The van der Waals surface area contributed by atoms with Crippen molar-refractivity contribution >= 4 is 0 Å². The zero-order valence-corrected chi connectivity index (χ0v) is 9.52. The van der Waals surface area contributed by atoms with E-state index in [4.69, 9.17) is 0 Å². The summed E-state index contributed by atoms with van der Waals surface area (Å²) in [5.74, 6) is -0.214. The fourth-order valence-electron chi connectivity index (χ4n) is 1.58. The first-order valence-electron chi connectivity index (χ1n) is 5.51. The lowest BCUT2D eigenvalue weighted by Crippen LogP contribution is -2.03. The summed E-state index contributed by atoms with van der Waals surface area (Å²) < 4.78 is 15.0. The van der Waals surface area contributed by atoms with Crippen LogP contribution in [-0.2, 0) is 0 Å². The van der Waals surface area contributed by atoms with Gasteiger partial charge in [-0.15, -0.1) is 0 Å². The van der Waals surface area contributed by atoms with Gasteiger partial charge in [0.05, 0.1) is 6.20 Å². The van der Waals surface area contributed by atoms with Gasteiger partial charge in [0.15, 0.2) is 0 Å². The van der Waals surface area contributed by atoms with E-state index in [2.05, 4.69) is 18.9 Å². The number of benzene rings is 1. The molecule has 2 rings (SSSR count). The fraction of sp³-hybridized carbons (Fsp3) is 0.308. The molecule has 0 saturated carbocycles. The van der Waals surface area contributed by atoms with Crippen LogP contribution in [0.25, 0.3) is 11.1 Å². The Morgan fingerprint density at radius 3 is 2.88 bits per heavy atom. The molecule has 0 aliphatic carbocycles. The molecule has 0 aliphatic heterocycles. The molecule has 1 aromatic heterocycles. The van der Waals surface area contributed by atoms with Gasteiger partial charge >= 0.3 is 0 Å². The summed E-state index contributed by atoms with van der Waals surface area (Å²) in [5.41, 5.74) is 1.83. The molecule has 1 aromatic carbocycles. The van der Waals surface area contributed by atoms with Gasteiger partial charge in [0.1, 0.15) is 5.82 Å². The highest BCUT2D eigenvalue weighted by Gasteiger charge is 2.06. The van der Waals surface area contributed by atoms with Crippen molar-refractivity contribution in [3.63, 3.8) is 0 Å². The highest BCUT2D eigenvalue weighted by molar-refractivity contribution is 5.61.